The molecule has 1 spiro atoms. The lowest BCUT2D eigenvalue weighted by atomic mass is 9.77. The maximum atomic E-state index is 5.87. The van der Waals surface area contributed by atoms with E-state index < -0.39 is 0 Å². The van der Waals surface area contributed by atoms with Crippen LogP contribution >= 0.6 is 0 Å². The number of rotatable bonds is 1. The van der Waals surface area contributed by atoms with Crippen molar-refractivity contribution in [3.8, 4) is 0 Å². The monoisotopic (exact) mass is 271 g/mol. The highest BCUT2D eigenvalue weighted by Crippen LogP contribution is 2.46. The van der Waals surface area contributed by atoms with Gasteiger partial charge in [0.05, 0.1) is 0 Å². The van der Waals surface area contributed by atoms with Crippen LogP contribution in [-0.4, -0.2) is 18.1 Å². The summed E-state index contributed by atoms with van der Waals surface area (Å²) in [7, 11) is 0. The molecule has 0 amide bonds. The third-order valence-corrected chi connectivity index (χ3v) is 5.16. The van der Waals surface area contributed by atoms with E-state index in [0.717, 1.165) is 35.9 Å². The van der Waals surface area contributed by atoms with Gasteiger partial charge in [-0.25, -0.2) is 0 Å². The fourth-order valence-electron chi connectivity index (χ4n) is 3.86. The molecular formula is C16H21N3O. The number of benzene rings is 1. The van der Waals surface area contributed by atoms with Gasteiger partial charge in [0.1, 0.15) is 5.52 Å². The van der Waals surface area contributed by atoms with E-state index in [2.05, 4.69) is 9.88 Å². The molecule has 2 heterocycles. The molecular weight excluding hydrogens is 250 g/mol. The van der Waals surface area contributed by atoms with Gasteiger partial charge >= 0.3 is 0 Å². The zero-order valence-electron chi connectivity index (χ0n) is 11.8. The lowest BCUT2D eigenvalue weighted by Gasteiger charge is -2.38. The SMILES string of the molecule is Nc1ccc2oc(N3CCC4(CCCC4)CC3)nc2c1. The molecule has 0 unspecified atom stereocenters. The van der Waals surface area contributed by atoms with Crippen molar-refractivity contribution in [3.05, 3.63) is 18.2 Å². The molecule has 2 aliphatic rings. The smallest absolute Gasteiger partial charge is 0.298 e. The standard InChI is InChI=1S/C16H21N3O/c17-12-3-4-14-13(11-12)18-15(20-14)19-9-7-16(8-10-19)5-1-2-6-16/h3-4,11H,1-2,5-10,17H2. The zero-order valence-corrected chi connectivity index (χ0v) is 11.8. The molecule has 0 atom stereocenters. The highest BCUT2D eigenvalue weighted by molar-refractivity contribution is 5.78. The van der Waals surface area contributed by atoms with Crippen LogP contribution in [0.1, 0.15) is 38.5 Å². The summed E-state index contributed by atoms with van der Waals surface area (Å²) >= 11 is 0. The van der Waals surface area contributed by atoms with Gasteiger partial charge in [0.15, 0.2) is 5.58 Å². The van der Waals surface area contributed by atoms with Crippen LogP contribution < -0.4 is 10.6 Å². The number of nitrogen functional groups attached to an aromatic ring is 1. The minimum absolute atomic E-state index is 0.632. The minimum atomic E-state index is 0.632. The van der Waals surface area contributed by atoms with Crippen LogP contribution in [-0.2, 0) is 0 Å². The van der Waals surface area contributed by atoms with Gasteiger partial charge in [-0.15, -0.1) is 0 Å². The molecule has 4 rings (SSSR count). The average molecular weight is 271 g/mol. The topological polar surface area (TPSA) is 55.3 Å². The molecule has 1 aliphatic carbocycles. The van der Waals surface area contributed by atoms with E-state index in [0.29, 0.717) is 5.41 Å². The quantitative estimate of drug-likeness (QED) is 0.806. The number of nitrogens with zero attached hydrogens (tertiary/aromatic N) is 2. The van der Waals surface area contributed by atoms with Crippen molar-refractivity contribution >= 4 is 22.8 Å². The maximum absolute atomic E-state index is 5.87. The Morgan fingerprint density at radius 1 is 1.10 bits per heavy atom. The Morgan fingerprint density at radius 2 is 1.85 bits per heavy atom. The Hall–Kier alpha value is -1.71. The Labute approximate surface area is 118 Å². The fraction of sp³-hybridized carbons (Fsp3) is 0.562. The van der Waals surface area contributed by atoms with Crippen LogP contribution in [0.4, 0.5) is 11.7 Å². The zero-order chi connectivity index (χ0) is 13.6. The van der Waals surface area contributed by atoms with Gasteiger partial charge in [0, 0.05) is 18.8 Å². The molecule has 0 bridgehead atoms. The molecule has 0 radical (unpaired) electrons. The first-order valence-electron chi connectivity index (χ1n) is 7.65. The second-order valence-electron chi connectivity index (χ2n) is 6.42. The summed E-state index contributed by atoms with van der Waals surface area (Å²) in [5.74, 6) is 0. The minimum Gasteiger partial charge on any atom is -0.423 e. The van der Waals surface area contributed by atoms with Gasteiger partial charge < -0.3 is 15.1 Å². The highest BCUT2D eigenvalue weighted by atomic mass is 16.4. The van der Waals surface area contributed by atoms with Gasteiger partial charge in [-0.2, -0.15) is 4.98 Å². The van der Waals surface area contributed by atoms with E-state index in [-0.39, 0.29) is 0 Å². The number of anilines is 2. The van der Waals surface area contributed by atoms with Crippen molar-refractivity contribution in [2.75, 3.05) is 23.7 Å². The van der Waals surface area contributed by atoms with Crippen LogP contribution in [0.2, 0.25) is 0 Å². The van der Waals surface area contributed by atoms with Crippen molar-refractivity contribution in [2.45, 2.75) is 38.5 Å². The molecule has 4 heteroatoms. The van der Waals surface area contributed by atoms with Crippen LogP contribution in [0, 0.1) is 5.41 Å². The molecule has 1 aromatic heterocycles. The van der Waals surface area contributed by atoms with Crippen molar-refractivity contribution < 1.29 is 4.42 Å². The summed E-state index contributed by atoms with van der Waals surface area (Å²) in [6.45, 7) is 2.14. The summed E-state index contributed by atoms with van der Waals surface area (Å²) in [6.07, 6.45) is 8.25. The number of piperidine rings is 1. The number of hydrogen-bond acceptors (Lipinski definition) is 4. The third-order valence-electron chi connectivity index (χ3n) is 5.16. The van der Waals surface area contributed by atoms with E-state index >= 15 is 0 Å². The molecule has 1 aromatic carbocycles. The predicted molar refractivity (Wildman–Crippen MR) is 80.8 cm³/mol. The number of oxazole rings is 1. The van der Waals surface area contributed by atoms with Gasteiger partial charge in [0.2, 0.25) is 0 Å². The summed E-state index contributed by atoms with van der Waals surface area (Å²) in [6, 6.07) is 6.41. The van der Waals surface area contributed by atoms with Crippen LogP contribution in [0.25, 0.3) is 11.1 Å². The first-order valence-corrected chi connectivity index (χ1v) is 7.65. The Balaban J connectivity index is 1.55. The van der Waals surface area contributed by atoms with Gasteiger partial charge in [0.25, 0.3) is 6.01 Å². The van der Waals surface area contributed by atoms with E-state index in [9.17, 15) is 0 Å². The summed E-state index contributed by atoms with van der Waals surface area (Å²) in [4.78, 5) is 6.88. The van der Waals surface area contributed by atoms with E-state index in [1.165, 1.54) is 38.5 Å². The Bertz CT molecular complexity index is 618. The van der Waals surface area contributed by atoms with E-state index in [1.807, 2.05) is 18.2 Å². The van der Waals surface area contributed by atoms with Crippen LogP contribution in [0.15, 0.2) is 22.6 Å². The van der Waals surface area contributed by atoms with Crippen molar-refractivity contribution in [1.29, 1.82) is 0 Å². The molecule has 2 fully saturated rings. The second kappa shape index (κ2) is 4.40. The first kappa shape index (κ1) is 12.1. The number of nitrogens with two attached hydrogens (primary N) is 1. The molecule has 1 saturated heterocycles. The highest BCUT2D eigenvalue weighted by Gasteiger charge is 2.37. The average Bonchev–Trinajstić information content (AvgIpc) is 3.06. The molecule has 4 nitrogen and oxygen atoms in total. The van der Waals surface area contributed by atoms with E-state index in [4.69, 9.17) is 10.2 Å². The predicted octanol–water partition coefficient (Wildman–Crippen LogP) is 3.57. The van der Waals surface area contributed by atoms with Gasteiger partial charge in [-0.1, -0.05) is 12.8 Å². The molecule has 20 heavy (non-hydrogen) atoms. The van der Waals surface area contributed by atoms with Gasteiger partial charge in [-0.3, -0.25) is 0 Å². The fourth-order valence-corrected chi connectivity index (χ4v) is 3.86. The molecule has 2 aromatic rings. The number of hydrogen-bond donors (Lipinski definition) is 1. The number of aromatic nitrogens is 1. The Kier molecular flexibility index (Phi) is 2.65. The van der Waals surface area contributed by atoms with E-state index in [1.54, 1.807) is 0 Å². The second-order valence-corrected chi connectivity index (χ2v) is 6.42. The largest absolute Gasteiger partial charge is 0.423 e. The summed E-state index contributed by atoms with van der Waals surface area (Å²) in [5.41, 5.74) is 8.85. The lowest BCUT2D eigenvalue weighted by Crippen LogP contribution is -2.39. The summed E-state index contributed by atoms with van der Waals surface area (Å²) < 4.78 is 5.87. The maximum Gasteiger partial charge on any atom is 0.298 e. The molecule has 2 N–H and O–H groups in total. The van der Waals surface area contributed by atoms with Crippen molar-refractivity contribution in [3.63, 3.8) is 0 Å². The Morgan fingerprint density at radius 3 is 2.60 bits per heavy atom. The molecule has 1 saturated carbocycles. The van der Waals surface area contributed by atoms with Gasteiger partial charge in [-0.05, 0) is 49.3 Å². The molecule has 106 valence electrons. The lowest BCUT2D eigenvalue weighted by molar-refractivity contribution is 0.223. The number of fused-ring (bicyclic) bond motifs is 1. The van der Waals surface area contributed by atoms with Crippen LogP contribution in [0.3, 0.4) is 0 Å². The van der Waals surface area contributed by atoms with Crippen molar-refractivity contribution in [1.82, 2.24) is 4.98 Å². The summed E-state index contributed by atoms with van der Waals surface area (Å²) in [5, 5.41) is 0. The van der Waals surface area contributed by atoms with Crippen LogP contribution in [0.5, 0.6) is 0 Å². The van der Waals surface area contributed by atoms with Crippen molar-refractivity contribution in [2.24, 2.45) is 5.41 Å². The normalized spacial score (nSPS) is 21.9. The third kappa shape index (κ3) is 1.94. The first-order chi connectivity index (χ1) is 9.74. The molecule has 1 aliphatic heterocycles.